The summed E-state index contributed by atoms with van der Waals surface area (Å²) in [6.07, 6.45) is 0.0139. The number of rotatable bonds is 3. The van der Waals surface area contributed by atoms with Crippen molar-refractivity contribution in [2.24, 2.45) is 0 Å². The van der Waals surface area contributed by atoms with Gasteiger partial charge in [-0.25, -0.2) is 8.78 Å². The monoisotopic (exact) mass is 256 g/mol. The third-order valence-corrected chi connectivity index (χ3v) is 2.13. The van der Waals surface area contributed by atoms with E-state index in [0.29, 0.717) is 0 Å². The maximum absolute atomic E-state index is 12.7. The van der Waals surface area contributed by atoms with E-state index >= 15 is 0 Å². The molecule has 6 heteroatoms. The third-order valence-electron chi connectivity index (χ3n) is 1.95. The van der Waals surface area contributed by atoms with Crippen molar-refractivity contribution in [2.45, 2.75) is 6.43 Å². The van der Waals surface area contributed by atoms with Gasteiger partial charge in [-0.05, 0) is 12.1 Å². The molecule has 0 spiro atoms. The molecule has 17 heavy (non-hydrogen) atoms. The second-order valence-electron chi connectivity index (χ2n) is 3.12. The van der Waals surface area contributed by atoms with Crippen molar-refractivity contribution in [3.05, 3.63) is 47.4 Å². The van der Waals surface area contributed by atoms with Crippen LogP contribution in [0.3, 0.4) is 0 Å². The van der Waals surface area contributed by atoms with Gasteiger partial charge in [0.25, 0.3) is 6.43 Å². The largest absolute Gasteiger partial charge is 0.437 e. The predicted molar refractivity (Wildman–Crippen MR) is 58.5 cm³/mol. The van der Waals surface area contributed by atoms with Gasteiger partial charge in [-0.2, -0.15) is 4.98 Å². The molecule has 88 valence electrons. The highest BCUT2D eigenvalue weighted by Crippen LogP contribution is 2.31. The molecule has 0 saturated carbocycles. The molecule has 1 aromatic carbocycles. The fraction of sp³-hybridized carbons (Fsp3) is 0.0909. The molecule has 0 fully saturated rings. The Kier molecular flexibility index (Phi) is 3.49. The second kappa shape index (κ2) is 5.05. The van der Waals surface area contributed by atoms with Crippen LogP contribution < -0.4 is 4.74 Å². The number of nitrogens with zero attached hydrogens (tertiary/aromatic N) is 2. The zero-order chi connectivity index (χ0) is 12.3. The van der Waals surface area contributed by atoms with Crippen molar-refractivity contribution in [1.29, 1.82) is 0 Å². The summed E-state index contributed by atoms with van der Waals surface area (Å²) in [6, 6.07) is 5.83. The minimum Gasteiger partial charge on any atom is -0.437 e. The summed E-state index contributed by atoms with van der Waals surface area (Å²) in [5.74, 6) is 0.115. The first-order valence-electron chi connectivity index (χ1n) is 4.69. The highest BCUT2D eigenvalue weighted by atomic mass is 35.5. The first kappa shape index (κ1) is 11.7. The minimum atomic E-state index is -2.61. The normalized spacial score (nSPS) is 10.6. The Morgan fingerprint density at radius 1 is 1.18 bits per heavy atom. The van der Waals surface area contributed by atoms with E-state index in [-0.39, 0.29) is 22.3 Å². The van der Waals surface area contributed by atoms with Gasteiger partial charge in [-0.1, -0.05) is 23.7 Å². The molecule has 0 aliphatic carbocycles. The molecule has 0 radical (unpaired) electrons. The Morgan fingerprint density at radius 3 is 2.65 bits per heavy atom. The van der Waals surface area contributed by atoms with Gasteiger partial charge in [0.2, 0.25) is 5.88 Å². The Labute approximate surface area is 101 Å². The van der Waals surface area contributed by atoms with Crippen molar-refractivity contribution in [3.63, 3.8) is 0 Å². The fourth-order valence-corrected chi connectivity index (χ4v) is 1.38. The number of alkyl halides is 2. The van der Waals surface area contributed by atoms with E-state index in [1.54, 1.807) is 6.07 Å². The van der Waals surface area contributed by atoms with Gasteiger partial charge in [0.1, 0.15) is 5.75 Å². The molecule has 3 nitrogen and oxygen atoms in total. The molecule has 0 saturated heterocycles. The fourth-order valence-electron chi connectivity index (χ4n) is 1.24. The lowest BCUT2D eigenvalue weighted by molar-refractivity contribution is 0.148. The van der Waals surface area contributed by atoms with Crippen LogP contribution in [0, 0.1) is 0 Å². The maximum atomic E-state index is 12.7. The minimum absolute atomic E-state index is 0.0408. The van der Waals surface area contributed by atoms with Crippen LogP contribution in [0.2, 0.25) is 5.15 Å². The summed E-state index contributed by atoms with van der Waals surface area (Å²) in [6.45, 7) is 0. The van der Waals surface area contributed by atoms with Gasteiger partial charge in [0.15, 0.2) is 5.15 Å². The van der Waals surface area contributed by atoms with Crippen LogP contribution in [-0.4, -0.2) is 9.97 Å². The number of hydrogen-bond donors (Lipinski definition) is 0. The van der Waals surface area contributed by atoms with Gasteiger partial charge < -0.3 is 4.74 Å². The van der Waals surface area contributed by atoms with E-state index in [1.165, 1.54) is 30.6 Å². The van der Waals surface area contributed by atoms with E-state index in [9.17, 15) is 8.78 Å². The summed E-state index contributed by atoms with van der Waals surface area (Å²) in [5, 5.41) is 0.136. The molecular formula is C11H7ClF2N2O. The molecule has 1 heterocycles. The van der Waals surface area contributed by atoms with Crippen LogP contribution in [0.25, 0.3) is 0 Å². The first-order valence-corrected chi connectivity index (χ1v) is 5.07. The summed E-state index contributed by atoms with van der Waals surface area (Å²) in [7, 11) is 0. The van der Waals surface area contributed by atoms with Crippen LogP contribution in [0.4, 0.5) is 8.78 Å². The molecular weight excluding hydrogens is 250 g/mol. The lowest BCUT2D eigenvalue weighted by atomic mass is 10.2. The Balaban J connectivity index is 2.30. The van der Waals surface area contributed by atoms with Crippen LogP contribution in [0.5, 0.6) is 11.6 Å². The van der Waals surface area contributed by atoms with E-state index < -0.39 is 6.43 Å². The first-order chi connectivity index (χ1) is 8.16. The lowest BCUT2D eigenvalue weighted by Gasteiger charge is -2.09. The molecule has 0 atom stereocenters. The zero-order valence-corrected chi connectivity index (χ0v) is 9.23. The molecule has 0 bridgehead atoms. The average molecular weight is 257 g/mol. The standard InChI is InChI=1S/C11H7ClF2N2O/c12-9-5-15-6-10(16-9)17-8-4-2-1-3-7(8)11(13)14/h1-6,11H. The van der Waals surface area contributed by atoms with Gasteiger partial charge in [0.05, 0.1) is 18.0 Å². The van der Waals surface area contributed by atoms with E-state index in [1.807, 2.05) is 0 Å². The van der Waals surface area contributed by atoms with Crippen LogP contribution in [-0.2, 0) is 0 Å². The van der Waals surface area contributed by atoms with Crippen LogP contribution in [0.1, 0.15) is 12.0 Å². The highest BCUT2D eigenvalue weighted by Gasteiger charge is 2.14. The molecule has 0 N–H and O–H groups in total. The molecule has 0 amide bonds. The number of aromatic nitrogens is 2. The Hall–Kier alpha value is -1.75. The number of benzene rings is 1. The third kappa shape index (κ3) is 2.88. The second-order valence-corrected chi connectivity index (χ2v) is 3.51. The Bertz CT molecular complexity index is 522. The molecule has 2 rings (SSSR count). The molecule has 0 unspecified atom stereocenters. The number of hydrogen-bond acceptors (Lipinski definition) is 3. The van der Waals surface area contributed by atoms with Crippen molar-refractivity contribution < 1.29 is 13.5 Å². The highest BCUT2D eigenvalue weighted by molar-refractivity contribution is 6.29. The lowest BCUT2D eigenvalue weighted by Crippen LogP contribution is -1.94. The predicted octanol–water partition coefficient (Wildman–Crippen LogP) is 3.86. The summed E-state index contributed by atoms with van der Waals surface area (Å²) in [4.78, 5) is 7.55. The van der Waals surface area contributed by atoms with Gasteiger partial charge in [-0.15, -0.1) is 0 Å². The number of ether oxygens (including phenoxy) is 1. The quantitative estimate of drug-likeness (QED) is 0.836. The number of halogens is 3. The molecule has 2 aromatic rings. The Morgan fingerprint density at radius 2 is 1.94 bits per heavy atom. The van der Waals surface area contributed by atoms with Crippen molar-refractivity contribution in [3.8, 4) is 11.6 Å². The van der Waals surface area contributed by atoms with Gasteiger partial charge in [0, 0.05) is 0 Å². The van der Waals surface area contributed by atoms with E-state index in [0.717, 1.165) is 0 Å². The molecule has 1 aromatic heterocycles. The van der Waals surface area contributed by atoms with Gasteiger partial charge >= 0.3 is 0 Å². The summed E-state index contributed by atoms with van der Waals surface area (Å²) < 4.78 is 30.5. The van der Waals surface area contributed by atoms with Crippen molar-refractivity contribution in [2.75, 3.05) is 0 Å². The maximum Gasteiger partial charge on any atom is 0.267 e. The average Bonchev–Trinajstić information content (AvgIpc) is 2.29. The smallest absolute Gasteiger partial charge is 0.267 e. The van der Waals surface area contributed by atoms with E-state index in [4.69, 9.17) is 16.3 Å². The topological polar surface area (TPSA) is 35.0 Å². The van der Waals surface area contributed by atoms with Crippen molar-refractivity contribution in [1.82, 2.24) is 9.97 Å². The van der Waals surface area contributed by atoms with Crippen molar-refractivity contribution >= 4 is 11.6 Å². The van der Waals surface area contributed by atoms with Gasteiger partial charge in [-0.3, -0.25) is 4.98 Å². The zero-order valence-electron chi connectivity index (χ0n) is 8.48. The van der Waals surface area contributed by atoms with E-state index in [2.05, 4.69) is 9.97 Å². The molecule has 0 aliphatic rings. The molecule has 0 aliphatic heterocycles. The van der Waals surface area contributed by atoms with Crippen LogP contribution >= 0.6 is 11.6 Å². The SMILES string of the molecule is FC(F)c1ccccc1Oc1cncc(Cl)n1. The summed E-state index contributed by atoms with van der Waals surface area (Å²) >= 11 is 5.61. The number of para-hydroxylation sites is 1. The summed E-state index contributed by atoms with van der Waals surface area (Å²) in [5.41, 5.74) is -0.200. The van der Waals surface area contributed by atoms with Crippen LogP contribution in [0.15, 0.2) is 36.7 Å².